The average molecular weight is 288 g/mol. The molecule has 0 spiro atoms. The van der Waals surface area contributed by atoms with E-state index in [1.807, 2.05) is 11.9 Å². The number of carbonyl (C=O) groups is 2. The fourth-order valence-corrected chi connectivity index (χ4v) is 3.16. The van der Waals surface area contributed by atoms with Crippen molar-refractivity contribution >= 4 is 17.5 Å². The smallest absolute Gasteiger partial charge is 0.253 e. The third-order valence-electron chi connectivity index (χ3n) is 4.31. The molecule has 1 aliphatic rings. The van der Waals surface area contributed by atoms with Gasteiger partial charge in [-0.05, 0) is 37.0 Å². The fourth-order valence-electron chi connectivity index (χ4n) is 3.16. The number of benzene rings is 1. The summed E-state index contributed by atoms with van der Waals surface area (Å²) in [5.41, 5.74) is 1.29. The molecule has 1 N–H and O–H groups in total. The van der Waals surface area contributed by atoms with E-state index in [-0.39, 0.29) is 11.8 Å². The molecule has 1 fully saturated rings. The number of anilines is 1. The van der Waals surface area contributed by atoms with E-state index in [0.717, 1.165) is 6.42 Å². The third-order valence-corrected chi connectivity index (χ3v) is 4.31. The molecule has 2 atom stereocenters. The van der Waals surface area contributed by atoms with Gasteiger partial charge in [0.2, 0.25) is 5.91 Å². The van der Waals surface area contributed by atoms with E-state index in [1.54, 1.807) is 24.3 Å². The Bertz CT molecular complexity index is 527. The van der Waals surface area contributed by atoms with Crippen LogP contribution >= 0.6 is 0 Å². The van der Waals surface area contributed by atoms with Gasteiger partial charge in [-0.1, -0.05) is 25.8 Å². The summed E-state index contributed by atoms with van der Waals surface area (Å²) in [7, 11) is 1.89. The highest BCUT2D eigenvalue weighted by molar-refractivity contribution is 5.96. The molecular formula is C17H24N2O2. The second kappa shape index (κ2) is 6.74. The van der Waals surface area contributed by atoms with Crippen molar-refractivity contribution in [2.24, 2.45) is 5.92 Å². The van der Waals surface area contributed by atoms with Crippen LogP contribution in [0.4, 0.5) is 5.69 Å². The molecule has 2 rings (SSSR count). The van der Waals surface area contributed by atoms with E-state index in [4.69, 9.17) is 0 Å². The molecule has 0 saturated heterocycles. The normalized spacial score (nSPS) is 21.7. The number of nitrogens with zero attached hydrogens (tertiary/aromatic N) is 1. The van der Waals surface area contributed by atoms with E-state index < -0.39 is 0 Å². The first-order chi connectivity index (χ1) is 9.99. The van der Waals surface area contributed by atoms with Crippen molar-refractivity contribution in [3.63, 3.8) is 0 Å². The van der Waals surface area contributed by atoms with Gasteiger partial charge in [-0.2, -0.15) is 0 Å². The van der Waals surface area contributed by atoms with E-state index in [0.29, 0.717) is 23.2 Å². The van der Waals surface area contributed by atoms with Gasteiger partial charge in [0.15, 0.2) is 0 Å². The molecular weight excluding hydrogens is 264 g/mol. The summed E-state index contributed by atoms with van der Waals surface area (Å²) < 4.78 is 0. The average Bonchev–Trinajstić information content (AvgIpc) is 2.46. The van der Waals surface area contributed by atoms with Crippen molar-refractivity contribution in [3.05, 3.63) is 29.8 Å². The van der Waals surface area contributed by atoms with Crippen molar-refractivity contribution in [3.8, 4) is 0 Å². The van der Waals surface area contributed by atoms with Crippen molar-refractivity contribution in [1.29, 1.82) is 0 Å². The Labute approximate surface area is 126 Å². The summed E-state index contributed by atoms with van der Waals surface area (Å²) in [6.45, 7) is 3.69. The van der Waals surface area contributed by atoms with Crippen molar-refractivity contribution in [1.82, 2.24) is 4.90 Å². The molecule has 2 amide bonds. The molecule has 1 saturated carbocycles. The number of hydrogen-bond acceptors (Lipinski definition) is 2. The number of nitrogens with one attached hydrogen (secondary N) is 1. The molecule has 1 aromatic rings. The Hall–Kier alpha value is -1.84. The monoisotopic (exact) mass is 288 g/mol. The zero-order valence-electron chi connectivity index (χ0n) is 13.1. The van der Waals surface area contributed by atoms with Gasteiger partial charge in [0.05, 0.1) is 0 Å². The van der Waals surface area contributed by atoms with Gasteiger partial charge in [0, 0.05) is 31.3 Å². The van der Waals surface area contributed by atoms with Crippen LogP contribution in [0.15, 0.2) is 24.3 Å². The number of hydrogen-bond donors (Lipinski definition) is 1. The molecule has 0 heterocycles. The highest BCUT2D eigenvalue weighted by Gasteiger charge is 2.28. The lowest BCUT2D eigenvalue weighted by Crippen LogP contribution is -2.42. The quantitative estimate of drug-likeness (QED) is 0.927. The Kier molecular flexibility index (Phi) is 4.99. The minimum absolute atomic E-state index is 0.0287. The van der Waals surface area contributed by atoms with Crippen LogP contribution in [0.1, 0.15) is 49.9 Å². The molecule has 0 aromatic heterocycles. The van der Waals surface area contributed by atoms with Crippen LogP contribution in [0, 0.1) is 5.92 Å². The number of carbonyl (C=O) groups excluding carboxylic acids is 2. The largest absolute Gasteiger partial charge is 0.338 e. The lowest BCUT2D eigenvalue weighted by atomic mass is 9.85. The summed E-state index contributed by atoms with van der Waals surface area (Å²) in [5.74, 6) is 0.445. The Balaban J connectivity index is 2.13. The fraction of sp³-hybridized carbons (Fsp3) is 0.529. The van der Waals surface area contributed by atoms with Gasteiger partial charge < -0.3 is 10.2 Å². The summed E-state index contributed by atoms with van der Waals surface area (Å²) >= 11 is 0. The lowest BCUT2D eigenvalue weighted by molar-refractivity contribution is -0.114. The van der Waals surface area contributed by atoms with Gasteiger partial charge in [-0.15, -0.1) is 0 Å². The molecule has 114 valence electrons. The molecule has 0 bridgehead atoms. The van der Waals surface area contributed by atoms with Crippen LogP contribution < -0.4 is 5.32 Å². The van der Waals surface area contributed by atoms with Crippen molar-refractivity contribution in [2.75, 3.05) is 12.4 Å². The van der Waals surface area contributed by atoms with Gasteiger partial charge in [0.25, 0.3) is 5.91 Å². The van der Waals surface area contributed by atoms with Crippen LogP contribution in [-0.4, -0.2) is 29.8 Å². The first-order valence-corrected chi connectivity index (χ1v) is 7.64. The molecule has 1 aliphatic carbocycles. The minimum Gasteiger partial charge on any atom is -0.338 e. The van der Waals surface area contributed by atoms with Gasteiger partial charge in [0.1, 0.15) is 0 Å². The van der Waals surface area contributed by atoms with Crippen LogP contribution in [0.3, 0.4) is 0 Å². The molecule has 0 radical (unpaired) electrons. The molecule has 0 aliphatic heterocycles. The standard InChI is InChI=1S/C17H24N2O2/c1-12-7-4-5-10-16(12)19(3)17(21)14-8-6-9-15(11-14)18-13(2)20/h6,8-9,11-12,16H,4-5,7,10H2,1-3H3,(H,18,20). The number of amides is 2. The second-order valence-electron chi connectivity index (χ2n) is 6.01. The molecule has 21 heavy (non-hydrogen) atoms. The van der Waals surface area contributed by atoms with Gasteiger partial charge >= 0.3 is 0 Å². The molecule has 2 unspecified atom stereocenters. The van der Waals surface area contributed by atoms with E-state index in [9.17, 15) is 9.59 Å². The van der Waals surface area contributed by atoms with Crippen molar-refractivity contribution in [2.45, 2.75) is 45.6 Å². The summed E-state index contributed by atoms with van der Waals surface area (Å²) in [5, 5.41) is 2.72. The van der Waals surface area contributed by atoms with Crippen LogP contribution in [0.5, 0.6) is 0 Å². The van der Waals surface area contributed by atoms with Gasteiger partial charge in [-0.3, -0.25) is 9.59 Å². The SMILES string of the molecule is CC(=O)Nc1cccc(C(=O)N(C)C2CCCCC2C)c1. The maximum Gasteiger partial charge on any atom is 0.253 e. The van der Waals surface area contributed by atoms with Crippen LogP contribution in [0.2, 0.25) is 0 Å². The van der Waals surface area contributed by atoms with Crippen molar-refractivity contribution < 1.29 is 9.59 Å². The summed E-state index contributed by atoms with van der Waals surface area (Å²) in [6, 6.07) is 7.46. The first-order valence-electron chi connectivity index (χ1n) is 7.64. The van der Waals surface area contributed by atoms with E-state index in [1.165, 1.54) is 26.2 Å². The first kappa shape index (κ1) is 15.5. The van der Waals surface area contributed by atoms with E-state index in [2.05, 4.69) is 12.2 Å². The third kappa shape index (κ3) is 3.84. The minimum atomic E-state index is -0.131. The molecule has 1 aromatic carbocycles. The van der Waals surface area contributed by atoms with Crippen LogP contribution in [-0.2, 0) is 4.79 Å². The van der Waals surface area contributed by atoms with E-state index >= 15 is 0 Å². The lowest BCUT2D eigenvalue weighted by Gasteiger charge is -2.36. The highest BCUT2D eigenvalue weighted by Crippen LogP contribution is 2.28. The van der Waals surface area contributed by atoms with Crippen LogP contribution in [0.25, 0.3) is 0 Å². The topological polar surface area (TPSA) is 49.4 Å². The Morgan fingerprint density at radius 1 is 1.24 bits per heavy atom. The van der Waals surface area contributed by atoms with Gasteiger partial charge in [-0.25, -0.2) is 0 Å². The Morgan fingerprint density at radius 3 is 2.62 bits per heavy atom. The predicted molar refractivity (Wildman–Crippen MR) is 84.3 cm³/mol. The number of rotatable bonds is 3. The molecule has 4 nitrogen and oxygen atoms in total. The maximum absolute atomic E-state index is 12.6. The Morgan fingerprint density at radius 2 is 1.95 bits per heavy atom. The maximum atomic E-state index is 12.6. The summed E-state index contributed by atoms with van der Waals surface area (Å²) in [4.78, 5) is 25.6. The molecule has 4 heteroatoms. The predicted octanol–water partition coefficient (Wildman–Crippen LogP) is 3.30. The summed E-state index contributed by atoms with van der Waals surface area (Å²) in [6.07, 6.45) is 4.72. The highest BCUT2D eigenvalue weighted by atomic mass is 16.2. The second-order valence-corrected chi connectivity index (χ2v) is 6.01. The zero-order chi connectivity index (χ0) is 15.4. The zero-order valence-corrected chi connectivity index (χ0v) is 13.1.